The smallest absolute Gasteiger partial charge is 0.309 e. The Kier molecular flexibility index (Phi) is 10.2. The molecular weight excluding hydrogens is 921 g/mol. The van der Waals surface area contributed by atoms with Crippen molar-refractivity contribution in [3.63, 3.8) is 0 Å². The minimum absolute atomic E-state index is 0.00237. The van der Waals surface area contributed by atoms with Crippen LogP contribution in [0.4, 0.5) is 52.7 Å². The highest BCUT2D eigenvalue weighted by atomic mass is 19.4. The van der Waals surface area contributed by atoms with E-state index < -0.39 is 58.1 Å². The lowest BCUT2D eigenvalue weighted by Crippen LogP contribution is -2.12. The van der Waals surface area contributed by atoms with Crippen LogP contribution < -0.4 is 0 Å². The highest BCUT2D eigenvalue weighted by molar-refractivity contribution is 6.12. The zero-order chi connectivity index (χ0) is 48.9. The summed E-state index contributed by atoms with van der Waals surface area (Å²) in [7, 11) is 0. The Morgan fingerprint density at radius 3 is 1.33 bits per heavy atom. The maximum Gasteiger partial charge on any atom is 0.417 e. The van der Waals surface area contributed by atoms with Crippen molar-refractivity contribution in [3.8, 4) is 51.0 Å². The standard InChI is InChI=1S/C53H28F12N4/c1-28-7-6-10-43(67-28)40-26-48(68-44-11-4-2-8-36(44)38-21-29(13-19-46(38)68)34-17-15-32(50(54,55)56)24-41(34)52(60,61)62)31(27-66)23-49(40)69-45-12-5-3-9-37(45)39-22-30(14-20-47(39)69)35-18-16-33(51(57,58)59)25-42(35)53(63,64)65/h2-26H,1H3. The quantitative estimate of drug-likeness (QED) is 0.161. The molecule has 10 aromatic rings. The van der Waals surface area contributed by atoms with Gasteiger partial charge in [-0.25, -0.2) is 0 Å². The minimum Gasteiger partial charge on any atom is -0.309 e. The molecule has 3 heterocycles. The van der Waals surface area contributed by atoms with Gasteiger partial charge in [0.25, 0.3) is 0 Å². The molecule has 0 spiro atoms. The number of rotatable bonds is 5. The van der Waals surface area contributed by atoms with Crippen LogP contribution in [0.1, 0.15) is 33.5 Å². The normalized spacial score (nSPS) is 12.7. The molecule has 0 fully saturated rings. The van der Waals surface area contributed by atoms with Crippen LogP contribution in [0.5, 0.6) is 0 Å². The maximum atomic E-state index is 14.4. The molecule has 10 rings (SSSR count). The number of nitriles is 1. The number of nitrogens with zero attached hydrogens (tertiary/aromatic N) is 4. The second kappa shape index (κ2) is 15.8. The zero-order valence-electron chi connectivity index (χ0n) is 35.3. The van der Waals surface area contributed by atoms with E-state index in [1.165, 1.54) is 30.3 Å². The van der Waals surface area contributed by atoms with E-state index in [9.17, 15) is 57.9 Å². The summed E-state index contributed by atoms with van der Waals surface area (Å²) in [5, 5.41) is 13.0. The summed E-state index contributed by atoms with van der Waals surface area (Å²) < 4.78 is 172. The number of alkyl halides is 12. The van der Waals surface area contributed by atoms with Gasteiger partial charge in [0.2, 0.25) is 0 Å². The number of hydrogen-bond acceptors (Lipinski definition) is 2. The van der Waals surface area contributed by atoms with Crippen molar-refractivity contribution in [2.75, 3.05) is 0 Å². The molecule has 0 bridgehead atoms. The van der Waals surface area contributed by atoms with Gasteiger partial charge >= 0.3 is 24.7 Å². The summed E-state index contributed by atoms with van der Waals surface area (Å²) >= 11 is 0. The van der Waals surface area contributed by atoms with Crippen LogP contribution in [-0.2, 0) is 24.7 Å². The van der Waals surface area contributed by atoms with E-state index in [2.05, 4.69) is 6.07 Å². The Balaban J connectivity index is 1.21. The molecule has 0 saturated heterocycles. The number of benzene rings is 7. The molecule has 0 unspecified atom stereocenters. The van der Waals surface area contributed by atoms with E-state index in [4.69, 9.17) is 4.98 Å². The van der Waals surface area contributed by atoms with Crippen molar-refractivity contribution in [3.05, 3.63) is 185 Å². The topological polar surface area (TPSA) is 46.5 Å². The maximum absolute atomic E-state index is 14.4. The number of para-hydroxylation sites is 2. The Bertz CT molecular complexity index is 3770. The van der Waals surface area contributed by atoms with Crippen LogP contribution in [-0.4, -0.2) is 14.1 Å². The molecule has 0 radical (unpaired) electrons. The SMILES string of the molecule is Cc1cccc(-c2cc(-n3c4ccccc4c4cc(-c5ccc(C(F)(F)F)cc5C(F)(F)F)ccc43)c(C#N)cc2-n2c3ccccc3c3cc(-c4ccc(C(F)(F)F)cc4C(F)(F)F)ccc32)n1. The van der Waals surface area contributed by atoms with Crippen LogP contribution in [0.15, 0.2) is 152 Å². The summed E-state index contributed by atoms with van der Waals surface area (Å²) in [5.41, 5.74) is -2.36. The molecule has 0 atom stereocenters. The van der Waals surface area contributed by atoms with Crippen LogP contribution in [0.2, 0.25) is 0 Å². The van der Waals surface area contributed by atoms with Crippen molar-refractivity contribution in [1.29, 1.82) is 5.26 Å². The Hall–Kier alpha value is -8.06. The first kappa shape index (κ1) is 44.8. The number of hydrogen-bond donors (Lipinski definition) is 0. The average Bonchev–Trinajstić information content (AvgIpc) is 3.81. The van der Waals surface area contributed by atoms with E-state index in [0.29, 0.717) is 84.1 Å². The van der Waals surface area contributed by atoms with E-state index in [-0.39, 0.29) is 28.8 Å². The largest absolute Gasteiger partial charge is 0.417 e. The van der Waals surface area contributed by atoms with Crippen LogP contribution in [0, 0.1) is 18.3 Å². The fourth-order valence-corrected chi connectivity index (χ4v) is 9.15. The molecule has 16 heteroatoms. The van der Waals surface area contributed by atoms with Crippen LogP contribution >= 0.6 is 0 Å². The average molecular weight is 949 g/mol. The van der Waals surface area contributed by atoms with Crippen molar-refractivity contribution >= 4 is 43.6 Å². The number of aryl methyl sites for hydroxylation is 1. The van der Waals surface area contributed by atoms with Gasteiger partial charge in [-0.05, 0) is 114 Å². The molecule has 69 heavy (non-hydrogen) atoms. The third-order valence-corrected chi connectivity index (χ3v) is 12.2. The highest BCUT2D eigenvalue weighted by Gasteiger charge is 2.40. The third-order valence-electron chi connectivity index (χ3n) is 12.2. The van der Waals surface area contributed by atoms with Gasteiger partial charge in [0.05, 0.1) is 67.0 Å². The predicted molar refractivity (Wildman–Crippen MR) is 239 cm³/mol. The van der Waals surface area contributed by atoms with Gasteiger partial charge in [-0.3, -0.25) is 4.98 Å². The fraction of sp³-hybridized carbons (Fsp3) is 0.0943. The molecule has 0 aliphatic heterocycles. The first-order valence-corrected chi connectivity index (χ1v) is 20.8. The molecule has 0 amide bonds. The molecule has 0 aliphatic rings. The summed E-state index contributed by atoms with van der Waals surface area (Å²) in [5.74, 6) is 0. The van der Waals surface area contributed by atoms with E-state index >= 15 is 0 Å². The van der Waals surface area contributed by atoms with Gasteiger partial charge in [-0.1, -0.05) is 66.7 Å². The van der Waals surface area contributed by atoms with Gasteiger partial charge in [0.1, 0.15) is 6.07 Å². The summed E-state index contributed by atoms with van der Waals surface area (Å²) in [6, 6.07) is 36.6. The molecule has 7 aromatic carbocycles. The zero-order valence-corrected chi connectivity index (χ0v) is 35.3. The Morgan fingerprint density at radius 1 is 0.420 bits per heavy atom. The van der Waals surface area contributed by atoms with Gasteiger partial charge in [0.15, 0.2) is 0 Å². The molecule has 4 nitrogen and oxygen atoms in total. The molecule has 3 aromatic heterocycles. The monoisotopic (exact) mass is 948 g/mol. The predicted octanol–water partition coefficient (Wildman–Crippen LogP) is 16.5. The first-order chi connectivity index (χ1) is 32.6. The summed E-state index contributed by atoms with van der Waals surface area (Å²) in [6.07, 6.45) is -20.3. The van der Waals surface area contributed by atoms with E-state index in [1.54, 1.807) is 96.4 Å². The van der Waals surface area contributed by atoms with Crippen LogP contribution in [0.3, 0.4) is 0 Å². The van der Waals surface area contributed by atoms with Gasteiger partial charge in [-0.15, -0.1) is 0 Å². The fourth-order valence-electron chi connectivity index (χ4n) is 9.15. The lowest BCUT2D eigenvalue weighted by molar-refractivity contribution is -0.144. The minimum atomic E-state index is -5.13. The van der Waals surface area contributed by atoms with E-state index in [0.717, 1.165) is 12.1 Å². The number of fused-ring (bicyclic) bond motifs is 6. The lowest BCUT2D eigenvalue weighted by atomic mass is 9.95. The summed E-state index contributed by atoms with van der Waals surface area (Å²) in [6.45, 7) is 1.78. The second-order valence-corrected chi connectivity index (χ2v) is 16.3. The van der Waals surface area contributed by atoms with Crippen molar-refractivity contribution < 1.29 is 52.7 Å². The van der Waals surface area contributed by atoms with Gasteiger partial charge in [-0.2, -0.15) is 57.9 Å². The number of halogens is 12. The molecule has 344 valence electrons. The van der Waals surface area contributed by atoms with Gasteiger partial charge < -0.3 is 9.13 Å². The Morgan fingerprint density at radius 2 is 0.884 bits per heavy atom. The van der Waals surface area contributed by atoms with Crippen molar-refractivity contribution in [1.82, 2.24) is 14.1 Å². The molecule has 0 N–H and O–H groups in total. The highest BCUT2D eigenvalue weighted by Crippen LogP contribution is 2.46. The second-order valence-electron chi connectivity index (χ2n) is 16.3. The summed E-state index contributed by atoms with van der Waals surface area (Å²) in [4.78, 5) is 4.83. The molecular formula is C53H28F12N4. The van der Waals surface area contributed by atoms with Gasteiger partial charge in [0, 0.05) is 32.8 Å². The number of pyridine rings is 1. The van der Waals surface area contributed by atoms with Crippen molar-refractivity contribution in [2.24, 2.45) is 0 Å². The Labute approximate surface area is 382 Å². The lowest BCUT2D eigenvalue weighted by Gasteiger charge is -2.19. The van der Waals surface area contributed by atoms with Crippen LogP contribution in [0.25, 0.3) is 88.5 Å². The third kappa shape index (κ3) is 7.67. The molecule has 0 aliphatic carbocycles. The van der Waals surface area contributed by atoms with E-state index in [1.807, 2.05) is 4.57 Å². The first-order valence-electron chi connectivity index (χ1n) is 20.8. The number of aromatic nitrogens is 3. The van der Waals surface area contributed by atoms with Crippen molar-refractivity contribution in [2.45, 2.75) is 31.6 Å². The molecule has 0 saturated carbocycles.